The first kappa shape index (κ1) is 28.6. The molecule has 2 amide bonds. The molecule has 2 atom stereocenters. The molecule has 3 heterocycles. The summed E-state index contributed by atoms with van der Waals surface area (Å²) in [6.45, 7) is 5.71. The molecule has 0 saturated carbocycles. The monoisotopic (exact) mass is 548 g/mol. The topological polar surface area (TPSA) is 128 Å². The molecule has 1 aliphatic heterocycles. The molecule has 3 rings (SSSR count). The predicted octanol–water partition coefficient (Wildman–Crippen LogP) is 4.65. The van der Waals surface area contributed by atoms with Crippen LogP contribution in [0.15, 0.2) is 29.5 Å². The number of amidine groups is 1. The fraction of sp³-hybridized carbons (Fsp3) is 0.455. The number of anilines is 1. The first-order valence-corrected chi connectivity index (χ1v) is 10.9. The molecule has 0 radical (unpaired) electrons. The van der Waals surface area contributed by atoms with Crippen molar-refractivity contribution < 1.29 is 45.4 Å². The highest BCUT2D eigenvalue weighted by Gasteiger charge is 2.51. The number of carbonyl (C=O) groups is 2. The van der Waals surface area contributed by atoms with Gasteiger partial charge < -0.3 is 14.8 Å². The van der Waals surface area contributed by atoms with Crippen molar-refractivity contribution in [3.63, 3.8) is 0 Å². The first-order valence-electron chi connectivity index (χ1n) is 10.9. The summed E-state index contributed by atoms with van der Waals surface area (Å²) in [4.78, 5) is 39.4. The summed E-state index contributed by atoms with van der Waals surface area (Å²) in [5.74, 6) is -2.32. The van der Waals surface area contributed by atoms with E-state index >= 15 is 0 Å². The fourth-order valence-electron chi connectivity index (χ4n) is 3.25. The van der Waals surface area contributed by atoms with E-state index in [4.69, 9.17) is 9.47 Å². The number of carbonyl (C=O) groups excluding carboxylic acids is 2. The number of pyridine rings is 1. The Kier molecular flexibility index (Phi) is 7.83. The van der Waals surface area contributed by atoms with Crippen LogP contribution in [0.1, 0.15) is 62.4 Å². The highest BCUT2D eigenvalue weighted by molar-refractivity contribution is 6.02. The minimum Gasteiger partial charge on any atom is -0.452 e. The summed E-state index contributed by atoms with van der Waals surface area (Å²) in [6, 6.07) is 0.981. The smallest absolute Gasteiger partial charge is 0.425 e. The molecule has 0 fully saturated rings. The van der Waals surface area contributed by atoms with Gasteiger partial charge in [-0.25, -0.2) is 38.2 Å². The molecule has 2 aromatic heterocycles. The molecule has 0 aliphatic carbocycles. The minimum atomic E-state index is -4.93. The predicted molar refractivity (Wildman–Crippen MR) is 119 cm³/mol. The van der Waals surface area contributed by atoms with Crippen LogP contribution in [0, 0.1) is 5.82 Å². The normalized spacial score (nSPS) is 19.9. The number of hydrogen-bond donors (Lipinski definition) is 2. The van der Waals surface area contributed by atoms with Crippen molar-refractivity contribution in [3.05, 3.63) is 47.4 Å². The van der Waals surface area contributed by atoms with E-state index in [-0.39, 0.29) is 11.5 Å². The average molecular weight is 548 g/mol. The van der Waals surface area contributed by atoms with Gasteiger partial charge in [0.05, 0.1) is 12.4 Å². The lowest BCUT2D eigenvalue weighted by molar-refractivity contribution is -0.208. The Morgan fingerprint density at radius 2 is 1.82 bits per heavy atom. The van der Waals surface area contributed by atoms with Crippen molar-refractivity contribution in [2.45, 2.75) is 64.0 Å². The molecule has 206 valence electrons. The molecule has 0 unspecified atom stereocenters. The maximum absolute atomic E-state index is 14.8. The van der Waals surface area contributed by atoms with Gasteiger partial charge in [0, 0.05) is 6.42 Å². The van der Waals surface area contributed by atoms with Crippen LogP contribution in [0.5, 0.6) is 0 Å². The van der Waals surface area contributed by atoms with Crippen LogP contribution in [0.4, 0.5) is 37.0 Å². The zero-order chi connectivity index (χ0) is 28.5. The number of alkyl carbamates (subject to hydrolysis) is 1. The maximum atomic E-state index is 14.8. The number of rotatable bonds is 4. The fourth-order valence-corrected chi connectivity index (χ4v) is 3.25. The zero-order valence-corrected chi connectivity index (χ0v) is 20.4. The molecule has 10 nitrogen and oxygen atoms in total. The average Bonchev–Trinajstić information content (AvgIpc) is 2.78. The summed E-state index contributed by atoms with van der Waals surface area (Å²) in [7, 11) is 0. The Hall–Kier alpha value is -3.98. The number of alkyl halides is 5. The van der Waals surface area contributed by atoms with Crippen LogP contribution in [0.2, 0.25) is 0 Å². The standard InChI is InChI=1S/C22H22F6N6O4/c1-20(2,3)38-19(36)33-18-34-21(4,7-13(37-18)22(26,27)28)15-10(23)5-6-14(31-15)32-17(35)12-9-29-11(8-30-12)16(24)25/h5-6,8-9,13,16H,7H2,1-4H3,(H,31,32,35)(H,33,34,36)/t13-,21-/m0/s1. The van der Waals surface area contributed by atoms with Gasteiger partial charge in [0.1, 0.15) is 39.9 Å². The van der Waals surface area contributed by atoms with Gasteiger partial charge >= 0.3 is 12.3 Å². The summed E-state index contributed by atoms with van der Waals surface area (Å²) < 4.78 is 90.9. The van der Waals surface area contributed by atoms with Crippen LogP contribution in [-0.4, -0.2) is 50.9 Å². The van der Waals surface area contributed by atoms with Gasteiger partial charge in [-0.1, -0.05) is 0 Å². The molecule has 2 aromatic rings. The quantitative estimate of drug-likeness (QED) is 0.533. The Labute approximate surface area is 211 Å². The van der Waals surface area contributed by atoms with Crippen LogP contribution in [-0.2, 0) is 15.0 Å². The lowest BCUT2D eigenvalue weighted by Gasteiger charge is -2.36. The summed E-state index contributed by atoms with van der Waals surface area (Å²) >= 11 is 0. The van der Waals surface area contributed by atoms with E-state index in [9.17, 15) is 35.9 Å². The van der Waals surface area contributed by atoms with E-state index in [0.29, 0.717) is 6.20 Å². The van der Waals surface area contributed by atoms with Crippen molar-refractivity contribution in [2.75, 3.05) is 5.32 Å². The third kappa shape index (κ3) is 7.07. The third-order valence-corrected chi connectivity index (χ3v) is 4.88. The number of amides is 2. The molecule has 38 heavy (non-hydrogen) atoms. The van der Waals surface area contributed by atoms with Gasteiger partial charge in [-0.2, -0.15) is 13.2 Å². The van der Waals surface area contributed by atoms with Crippen molar-refractivity contribution >= 4 is 23.8 Å². The van der Waals surface area contributed by atoms with Crippen LogP contribution >= 0.6 is 0 Å². The van der Waals surface area contributed by atoms with E-state index in [1.807, 2.05) is 5.32 Å². The maximum Gasteiger partial charge on any atom is 0.425 e. The highest BCUT2D eigenvalue weighted by atomic mass is 19.4. The molecule has 16 heteroatoms. The number of nitrogens with zero attached hydrogens (tertiary/aromatic N) is 4. The van der Waals surface area contributed by atoms with Crippen molar-refractivity contribution in [2.24, 2.45) is 4.99 Å². The Bertz CT molecular complexity index is 1230. The second-order valence-corrected chi connectivity index (χ2v) is 9.28. The molecular weight excluding hydrogens is 526 g/mol. The van der Waals surface area contributed by atoms with Crippen molar-refractivity contribution in [1.82, 2.24) is 20.3 Å². The van der Waals surface area contributed by atoms with Gasteiger partial charge in [0.25, 0.3) is 18.4 Å². The van der Waals surface area contributed by atoms with Gasteiger partial charge in [-0.3, -0.25) is 9.78 Å². The number of ether oxygens (including phenoxy) is 2. The first-order chi connectivity index (χ1) is 17.5. The molecule has 0 bridgehead atoms. The third-order valence-electron chi connectivity index (χ3n) is 4.88. The largest absolute Gasteiger partial charge is 0.452 e. The van der Waals surface area contributed by atoms with E-state index in [0.717, 1.165) is 25.3 Å². The Balaban J connectivity index is 1.92. The lowest BCUT2D eigenvalue weighted by atomic mass is 9.89. The second-order valence-electron chi connectivity index (χ2n) is 9.28. The van der Waals surface area contributed by atoms with Gasteiger partial charge in [0.2, 0.25) is 0 Å². The van der Waals surface area contributed by atoms with Crippen LogP contribution < -0.4 is 10.6 Å². The number of hydrogen-bond acceptors (Lipinski definition) is 8. The van der Waals surface area contributed by atoms with E-state index in [2.05, 4.69) is 25.3 Å². The SMILES string of the molecule is CC(C)(C)OC(=O)NC1=N[C@](C)(c2nc(NC(=O)c3cnc(C(F)F)cn3)ccc2F)C[C@@H](C(F)(F)F)O1. The minimum absolute atomic E-state index is 0.306. The summed E-state index contributed by atoms with van der Waals surface area (Å²) in [5.41, 5.74) is -4.65. The molecule has 2 N–H and O–H groups in total. The molecule has 0 spiro atoms. The Morgan fingerprint density at radius 1 is 1.13 bits per heavy atom. The number of nitrogens with one attached hydrogen (secondary N) is 2. The van der Waals surface area contributed by atoms with Gasteiger partial charge in [0.15, 0.2) is 6.10 Å². The Morgan fingerprint density at radius 3 is 2.37 bits per heavy atom. The van der Waals surface area contributed by atoms with Gasteiger partial charge in [-0.15, -0.1) is 0 Å². The second kappa shape index (κ2) is 10.4. The van der Waals surface area contributed by atoms with Crippen molar-refractivity contribution in [3.8, 4) is 0 Å². The zero-order valence-electron chi connectivity index (χ0n) is 20.4. The van der Waals surface area contributed by atoms with E-state index in [1.165, 1.54) is 20.8 Å². The molecular formula is C22H22F6N6O4. The van der Waals surface area contributed by atoms with Gasteiger partial charge in [-0.05, 0) is 39.8 Å². The number of aliphatic imine (C=N–C) groups is 1. The summed E-state index contributed by atoms with van der Waals surface area (Å²) in [5, 5.41) is 4.22. The lowest BCUT2D eigenvalue weighted by Crippen LogP contribution is -2.49. The number of aromatic nitrogens is 3. The van der Waals surface area contributed by atoms with Crippen LogP contribution in [0.25, 0.3) is 0 Å². The van der Waals surface area contributed by atoms with Crippen LogP contribution in [0.3, 0.4) is 0 Å². The molecule has 0 saturated heterocycles. The number of halogens is 6. The summed E-state index contributed by atoms with van der Waals surface area (Å²) in [6.07, 6.45) is -10.9. The van der Waals surface area contributed by atoms with E-state index < -0.39 is 71.5 Å². The highest BCUT2D eigenvalue weighted by Crippen LogP contribution is 2.40. The van der Waals surface area contributed by atoms with Crippen molar-refractivity contribution in [1.29, 1.82) is 0 Å². The van der Waals surface area contributed by atoms with E-state index in [1.54, 1.807) is 0 Å². The molecule has 1 aliphatic rings. The molecule has 0 aromatic carbocycles.